The molecule has 17 heavy (non-hydrogen) atoms. The number of amides is 1. The van der Waals surface area contributed by atoms with E-state index in [9.17, 15) is 4.79 Å². The Morgan fingerprint density at radius 3 is 2.94 bits per heavy atom. The standard InChI is InChI=1S/C13H15BrClNO/c1-9-8-16(6-5-12(9)14)13(17)10-3-2-4-11(15)7-10/h2-4,7,9,12H,5-6,8H2,1H3. The predicted octanol–water partition coefficient (Wildman–Crippen LogP) is 3.59. The monoisotopic (exact) mass is 315 g/mol. The molecule has 0 N–H and O–H groups in total. The Bertz CT molecular complexity index is 424. The summed E-state index contributed by atoms with van der Waals surface area (Å²) < 4.78 is 0. The summed E-state index contributed by atoms with van der Waals surface area (Å²) in [5.41, 5.74) is 0.678. The lowest BCUT2D eigenvalue weighted by Gasteiger charge is -2.34. The summed E-state index contributed by atoms with van der Waals surface area (Å²) >= 11 is 9.54. The normalized spacial score (nSPS) is 24.8. The average molecular weight is 317 g/mol. The van der Waals surface area contributed by atoms with Crippen LogP contribution in [0, 0.1) is 5.92 Å². The first-order chi connectivity index (χ1) is 8.08. The van der Waals surface area contributed by atoms with E-state index in [1.165, 1.54) is 0 Å². The number of nitrogens with zero attached hydrogens (tertiary/aromatic N) is 1. The molecule has 0 aliphatic carbocycles. The molecule has 0 bridgehead atoms. The molecular weight excluding hydrogens is 302 g/mol. The minimum atomic E-state index is 0.0822. The molecule has 1 saturated heterocycles. The van der Waals surface area contributed by atoms with Gasteiger partial charge in [-0.2, -0.15) is 0 Å². The Morgan fingerprint density at radius 1 is 1.53 bits per heavy atom. The van der Waals surface area contributed by atoms with Gasteiger partial charge in [-0.1, -0.05) is 40.5 Å². The topological polar surface area (TPSA) is 20.3 Å². The smallest absolute Gasteiger partial charge is 0.253 e. The van der Waals surface area contributed by atoms with Crippen LogP contribution in [0.5, 0.6) is 0 Å². The number of carbonyl (C=O) groups is 1. The van der Waals surface area contributed by atoms with Crippen molar-refractivity contribution in [3.63, 3.8) is 0 Å². The van der Waals surface area contributed by atoms with Gasteiger partial charge in [-0.3, -0.25) is 4.79 Å². The lowest BCUT2D eigenvalue weighted by Crippen LogP contribution is -2.43. The van der Waals surface area contributed by atoms with Crippen molar-refractivity contribution >= 4 is 33.4 Å². The number of hydrogen-bond acceptors (Lipinski definition) is 1. The quantitative estimate of drug-likeness (QED) is 0.725. The highest BCUT2D eigenvalue weighted by Crippen LogP contribution is 2.24. The number of likely N-dealkylation sites (tertiary alicyclic amines) is 1. The molecule has 1 aromatic rings. The number of halogens is 2. The number of carbonyl (C=O) groups excluding carboxylic acids is 1. The third kappa shape index (κ3) is 3.02. The summed E-state index contributed by atoms with van der Waals surface area (Å²) in [7, 11) is 0. The number of hydrogen-bond donors (Lipinski definition) is 0. The molecule has 1 fully saturated rings. The van der Waals surface area contributed by atoms with Crippen molar-refractivity contribution < 1.29 is 4.79 Å². The number of piperidine rings is 1. The summed E-state index contributed by atoms with van der Waals surface area (Å²) in [6.07, 6.45) is 1.01. The zero-order valence-corrected chi connectivity index (χ0v) is 12.0. The second kappa shape index (κ2) is 5.40. The highest BCUT2D eigenvalue weighted by atomic mass is 79.9. The number of rotatable bonds is 1. The largest absolute Gasteiger partial charge is 0.338 e. The van der Waals surface area contributed by atoms with Gasteiger partial charge in [0.2, 0.25) is 0 Å². The molecule has 2 rings (SSSR count). The second-order valence-corrected chi connectivity index (χ2v) is 6.16. The molecule has 1 aliphatic heterocycles. The minimum absolute atomic E-state index is 0.0822. The minimum Gasteiger partial charge on any atom is -0.338 e. The van der Waals surface area contributed by atoms with E-state index < -0.39 is 0 Å². The third-order valence-corrected chi connectivity index (χ3v) is 4.75. The Hall–Kier alpha value is -0.540. The van der Waals surface area contributed by atoms with Crippen LogP contribution < -0.4 is 0 Å². The summed E-state index contributed by atoms with van der Waals surface area (Å²) in [6.45, 7) is 3.78. The SMILES string of the molecule is CC1CN(C(=O)c2cccc(Cl)c2)CCC1Br. The zero-order valence-electron chi connectivity index (χ0n) is 9.70. The summed E-state index contributed by atoms with van der Waals surface area (Å²) in [5.74, 6) is 0.575. The van der Waals surface area contributed by atoms with Crippen molar-refractivity contribution in [1.29, 1.82) is 0 Å². The fourth-order valence-electron chi connectivity index (χ4n) is 2.11. The van der Waals surface area contributed by atoms with Crippen LogP contribution in [0.15, 0.2) is 24.3 Å². The lowest BCUT2D eigenvalue weighted by molar-refractivity contribution is 0.0690. The molecule has 0 spiro atoms. The van der Waals surface area contributed by atoms with E-state index in [2.05, 4.69) is 22.9 Å². The van der Waals surface area contributed by atoms with E-state index in [1.54, 1.807) is 12.1 Å². The second-order valence-electron chi connectivity index (χ2n) is 4.54. The molecule has 0 aromatic heterocycles. The van der Waals surface area contributed by atoms with Crippen LogP contribution in [0.3, 0.4) is 0 Å². The molecule has 2 nitrogen and oxygen atoms in total. The Kier molecular flexibility index (Phi) is 4.10. The predicted molar refractivity (Wildman–Crippen MR) is 73.9 cm³/mol. The molecular formula is C13H15BrClNO. The van der Waals surface area contributed by atoms with Gasteiger partial charge in [0, 0.05) is 28.5 Å². The van der Waals surface area contributed by atoms with Crippen LogP contribution in [-0.4, -0.2) is 28.7 Å². The molecule has 1 aliphatic rings. The van der Waals surface area contributed by atoms with Gasteiger partial charge in [-0.25, -0.2) is 0 Å². The molecule has 0 radical (unpaired) electrons. The highest BCUT2D eigenvalue weighted by molar-refractivity contribution is 9.09. The van der Waals surface area contributed by atoms with Gasteiger partial charge in [0.25, 0.3) is 5.91 Å². The van der Waals surface area contributed by atoms with Crippen LogP contribution in [0.1, 0.15) is 23.7 Å². The average Bonchev–Trinajstić information content (AvgIpc) is 2.32. The number of benzene rings is 1. The molecule has 1 amide bonds. The highest BCUT2D eigenvalue weighted by Gasteiger charge is 2.27. The van der Waals surface area contributed by atoms with Crippen molar-refractivity contribution in [1.82, 2.24) is 4.90 Å². The number of alkyl halides is 1. The fourth-order valence-corrected chi connectivity index (χ4v) is 2.67. The van der Waals surface area contributed by atoms with Crippen molar-refractivity contribution in [2.45, 2.75) is 18.2 Å². The summed E-state index contributed by atoms with van der Waals surface area (Å²) in [4.78, 5) is 14.7. The van der Waals surface area contributed by atoms with E-state index in [0.29, 0.717) is 21.3 Å². The fraction of sp³-hybridized carbons (Fsp3) is 0.462. The molecule has 2 atom stereocenters. The Balaban J connectivity index is 2.10. The van der Waals surface area contributed by atoms with Crippen LogP contribution in [-0.2, 0) is 0 Å². The molecule has 1 heterocycles. The summed E-state index contributed by atoms with van der Waals surface area (Å²) in [5, 5.41) is 0.610. The molecule has 1 aromatic carbocycles. The van der Waals surface area contributed by atoms with Gasteiger partial charge >= 0.3 is 0 Å². The van der Waals surface area contributed by atoms with Gasteiger partial charge in [0.05, 0.1) is 0 Å². The Labute approximate surface area is 115 Å². The van der Waals surface area contributed by atoms with E-state index in [1.807, 2.05) is 17.0 Å². The lowest BCUT2D eigenvalue weighted by atomic mass is 9.99. The molecule has 2 unspecified atom stereocenters. The van der Waals surface area contributed by atoms with E-state index in [4.69, 9.17) is 11.6 Å². The van der Waals surface area contributed by atoms with E-state index in [0.717, 1.165) is 19.5 Å². The maximum Gasteiger partial charge on any atom is 0.253 e. The molecule has 4 heteroatoms. The maximum absolute atomic E-state index is 12.3. The van der Waals surface area contributed by atoms with Gasteiger partial charge in [-0.05, 0) is 30.5 Å². The van der Waals surface area contributed by atoms with Crippen molar-refractivity contribution in [2.75, 3.05) is 13.1 Å². The maximum atomic E-state index is 12.3. The first kappa shape index (κ1) is 12.9. The van der Waals surface area contributed by atoms with Crippen LogP contribution in [0.2, 0.25) is 5.02 Å². The van der Waals surface area contributed by atoms with E-state index in [-0.39, 0.29) is 5.91 Å². The van der Waals surface area contributed by atoms with Crippen molar-refractivity contribution in [3.8, 4) is 0 Å². The molecule has 0 saturated carbocycles. The summed E-state index contributed by atoms with van der Waals surface area (Å²) in [6, 6.07) is 7.15. The van der Waals surface area contributed by atoms with Crippen LogP contribution in [0.4, 0.5) is 0 Å². The first-order valence-corrected chi connectivity index (χ1v) is 7.06. The molecule has 92 valence electrons. The zero-order chi connectivity index (χ0) is 12.4. The van der Waals surface area contributed by atoms with E-state index >= 15 is 0 Å². The van der Waals surface area contributed by atoms with Crippen molar-refractivity contribution in [3.05, 3.63) is 34.9 Å². The van der Waals surface area contributed by atoms with Crippen LogP contribution >= 0.6 is 27.5 Å². The van der Waals surface area contributed by atoms with Gasteiger partial charge in [-0.15, -0.1) is 0 Å². The first-order valence-electron chi connectivity index (χ1n) is 5.77. The van der Waals surface area contributed by atoms with Gasteiger partial charge in [0.1, 0.15) is 0 Å². The van der Waals surface area contributed by atoms with Crippen LogP contribution in [0.25, 0.3) is 0 Å². The van der Waals surface area contributed by atoms with Gasteiger partial charge in [0.15, 0.2) is 0 Å². The van der Waals surface area contributed by atoms with Crippen molar-refractivity contribution in [2.24, 2.45) is 5.92 Å². The Morgan fingerprint density at radius 2 is 2.29 bits per heavy atom. The third-order valence-electron chi connectivity index (χ3n) is 3.16. The van der Waals surface area contributed by atoms with Gasteiger partial charge < -0.3 is 4.90 Å².